The fourth-order valence-electron chi connectivity index (χ4n) is 1.57. The monoisotopic (exact) mass is 274 g/mol. The molecule has 4 nitrogen and oxygen atoms in total. The van der Waals surface area contributed by atoms with Crippen LogP contribution in [0.2, 0.25) is 0 Å². The second-order valence-electron chi connectivity index (χ2n) is 3.30. The zero-order chi connectivity index (χ0) is 11.0. The Balaban J connectivity index is 2.30. The van der Waals surface area contributed by atoms with E-state index in [9.17, 15) is 0 Å². The molecule has 0 aliphatic heterocycles. The predicted molar refractivity (Wildman–Crippen MR) is 64.4 cm³/mol. The second kappa shape index (κ2) is 3.68. The lowest BCUT2D eigenvalue weighted by Gasteiger charge is -2.01. The highest BCUT2D eigenvalue weighted by atomic mass is 79.9. The lowest BCUT2D eigenvalue weighted by atomic mass is 10.3. The largest absolute Gasteiger partial charge is 0.261 e. The van der Waals surface area contributed by atoms with Gasteiger partial charge in [0.2, 0.25) is 0 Å². The standard InChI is InChI=1S/C11H7BrN4/c12-9-6-13-7-10-8(9)5-15-16(10)11-3-1-2-4-14-11/h1-7H. The van der Waals surface area contributed by atoms with Crippen molar-refractivity contribution in [3.05, 3.63) is 47.5 Å². The van der Waals surface area contributed by atoms with Gasteiger partial charge in [-0.05, 0) is 28.1 Å². The molecule has 0 fully saturated rings. The maximum absolute atomic E-state index is 4.31. The lowest BCUT2D eigenvalue weighted by Crippen LogP contribution is -1.98. The first-order valence-corrected chi connectivity index (χ1v) is 5.54. The van der Waals surface area contributed by atoms with Crippen LogP contribution >= 0.6 is 15.9 Å². The number of rotatable bonds is 1. The third-order valence-electron chi connectivity index (χ3n) is 2.31. The topological polar surface area (TPSA) is 43.6 Å². The summed E-state index contributed by atoms with van der Waals surface area (Å²) in [7, 11) is 0. The normalized spacial score (nSPS) is 10.8. The van der Waals surface area contributed by atoms with Gasteiger partial charge in [0.05, 0.1) is 17.9 Å². The highest BCUT2D eigenvalue weighted by Crippen LogP contribution is 2.23. The van der Waals surface area contributed by atoms with E-state index >= 15 is 0 Å². The Morgan fingerprint density at radius 2 is 2.06 bits per heavy atom. The van der Waals surface area contributed by atoms with E-state index in [1.165, 1.54) is 0 Å². The van der Waals surface area contributed by atoms with Gasteiger partial charge in [-0.3, -0.25) is 4.98 Å². The molecule has 0 bridgehead atoms. The third kappa shape index (κ3) is 1.40. The number of halogens is 1. The van der Waals surface area contributed by atoms with E-state index in [-0.39, 0.29) is 0 Å². The van der Waals surface area contributed by atoms with Gasteiger partial charge in [-0.2, -0.15) is 5.10 Å². The van der Waals surface area contributed by atoms with Gasteiger partial charge in [0.15, 0.2) is 5.82 Å². The van der Waals surface area contributed by atoms with Crippen molar-refractivity contribution in [2.75, 3.05) is 0 Å². The molecule has 0 aliphatic rings. The Labute approximate surface area is 100 Å². The summed E-state index contributed by atoms with van der Waals surface area (Å²) >= 11 is 3.45. The Morgan fingerprint density at radius 1 is 1.12 bits per heavy atom. The zero-order valence-electron chi connectivity index (χ0n) is 8.21. The summed E-state index contributed by atoms with van der Waals surface area (Å²) in [6.07, 6.45) is 7.08. The maximum Gasteiger partial charge on any atom is 0.154 e. The van der Waals surface area contributed by atoms with Crippen LogP contribution in [0.15, 0.2) is 47.5 Å². The molecule has 0 atom stereocenters. The molecule has 0 saturated carbocycles. The van der Waals surface area contributed by atoms with Gasteiger partial charge in [-0.1, -0.05) is 6.07 Å². The molecule has 3 aromatic heterocycles. The predicted octanol–water partition coefficient (Wildman–Crippen LogP) is 2.58. The van der Waals surface area contributed by atoms with E-state index < -0.39 is 0 Å². The molecule has 0 aromatic carbocycles. The van der Waals surface area contributed by atoms with Crippen molar-refractivity contribution in [1.82, 2.24) is 19.7 Å². The number of nitrogens with zero attached hydrogens (tertiary/aromatic N) is 4. The van der Waals surface area contributed by atoms with Gasteiger partial charge < -0.3 is 0 Å². The Bertz CT molecular complexity index is 633. The van der Waals surface area contributed by atoms with E-state index in [1.54, 1.807) is 29.5 Å². The van der Waals surface area contributed by atoms with E-state index in [4.69, 9.17) is 0 Å². The van der Waals surface area contributed by atoms with Crippen molar-refractivity contribution in [3.63, 3.8) is 0 Å². The number of aromatic nitrogens is 4. The van der Waals surface area contributed by atoms with Gasteiger partial charge in [0, 0.05) is 22.3 Å². The van der Waals surface area contributed by atoms with E-state index in [0.29, 0.717) is 0 Å². The minimum Gasteiger partial charge on any atom is -0.261 e. The average molecular weight is 275 g/mol. The summed E-state index contributed by atoms with van der Waals surface area (Å²) in [6.45, 7) is 0. The van der Waals surface area contributed by atoms with Crippen LogP contribution in [0.1, 0.15) is 0 Å². The Kier molecular flexibility index (Phi) is 2.18. The van der Waals surface area contributed by atoms with Gasteiger partial charge in [-0.15, -0.1) is 0 Å². The molecule has 3 heterocycles. The van der Waals surface area contributed by atoms with Crippen LogP contribution in [0.3, 0.4) is 0 Å². The number of pyridine rings is 2. The van der Waals surface area contributed by atoms with Crippen molar-refractivity contribution < 1.29 is 0 Å². The summed E-state index contributed by atoms with van der Waals surface area (Å²) in [4.78, 5) is 8.39. The van der Waals surface area contributed by atoms with Gasteiger partial charge >= 0.3 is 0 Å². The fraction of sp³-hybridized carbons (Fsp3) is 0. The van der Waals surface area contributed by atoms with E-state index in [0.717, 1.165) is 21.2 Å². The van der Waals surface area contributed by atoms with Crippen molar-refractivity contribution >= 4 is 26.8 Å². The maximum atomic E-state index is 4.31. The molecule has 5 heteroatoms. The smallest absolute Gasteiger partial charge is 0.154 e. The molecule has 0 spiro atoms. The molecule has 0 unspecified atom stereocenters. The van der Waals surface area contributed by atoms with Crippen LogP contribution in [-0.4, -0.2) is 19.7 Å². The third-order valence-corrected chi connectivity index (χ3v) is 2.95. The molecular formula is C11H7BrN4. The van der Waals surface area contributed by atoms with Crippen molar-refractivity contribution in [2.24, 2.45) is 0 Å². The minimum atomic E-state index is 0.789. The SMILES string of the molecule is Brc1cncc2c1cnn2-c1ccccn1. The summed E-state index contributed by atoms with van der Waals surface area (Å²) in [5.41, 5.74) is 0.938. The Hall–Kier alpha value is -1.75. The molecule has 0 saturated heterocycles. The first kappa shape index (κ1) is 9.47. The molecule has 78 valence electrons. The van der Waals surface area contributed by atoms with E-state index in [2.05, 4.69) is 31.0 Å². The minimum absolute atomic E-state index is 0.789. The molecular weight excluding hydrogens is 268 g/mol. The first-order chi connectivity index (χ1) is 7.86. The zero-order valence-corrected chi connectivity index (χ0v) is 9.79. The van der Waals surface area contributed by atoms with Gasteiger partial charge in [-0.25, -0.2) is 9.67 Å². The molecule has 0 amide bonds. The molecule has 3 rings (SSSR count). The van der Waals surface area contributed by atoms with Crippen LogP contribution in [0, 0.1) is 0 Å². The summed E-state index contributed by atoms with van der Waals surface area (Å²) in [6, 6.07) is 5.72. The summed E-state index contributed by atoms with van der Waals surface area (Å²) in [5.74, 6) is 0.789. The molecule has 0 radical (unpaired) electrons. The van der Waals surface area contributed by atoms with E-state index in [1.807, 2.05) is 18.2 Å². The first-order valence-electron chi connectivity index (χ1n) is 4.75. The van der Waals surface area contributed by atoms with Crippen LogP contribution < -0.4 is 0 Å². The van der Waals surface area contributed by atoms with Gasteiger partial charge in [0.1, 0.15) is 0 Å². The van der Waals surface area contributed by atoms with Crippen LogP contribution in [0.25, 0.3) is 16.7 Å². The van der Waals surface area contributed by atoms with Crippen LogP contribution in [0.5, 0.6) is 0 Å². The molecule has 0 N–H and O–H groups in total. The summed E-state index contributed by atoms with van der Waals surface area (Å²) in [5, 5.41) is 5.34. The fourth-order valence-corrected chi connectivity index (χ4v) is 1.99. The van der Waals surface area contributed by atoms with Crippen LogP contribution in [-0.2, 0) is 0 Å². The van der Waals surface area contributed by atoms with Crippen molar-refractivity contribution in [1.29, 1.82) is 0 Å². The molecule has 3 aromatic rings. The number of hydrogen-bond acceptors (Lipinski definition) is 3. The Morgan fingerprint density at radius 3 is 2.88 bits per heavy atom. The highest BCUT2D eigenvalue weighted by molar-refractivity contribution is 9.10. The molecule has 16 heavy (non-hydrogen) atoms. The molecule has 0 aliphatic carbocycles. The average Bonchev–Trinajstić information content (AvgIpc) is 2.75. The van der Waals surface area contributed by atoms with Crippen molar-refractivity contribution in [3.8, 4) is 5.82 Å². The van der Waals surface area contributed by atoms with Crippen molar-refractivity contribution in [2.45, 2.75) is 0 Å². The van der Waals surface area contributed by atoms with Gasteiger partial charge in [0.25, 0.3) is 0 Å². The number of hydrogen-bond donors (Lipinski definition) is 0. The van der Waals surface area contributed by atoms with Crippen LogP contribution in [0.4, 0.5) is 0 Å². The quantitative estimate of drug-likeness (QED) is 0.685. The lowest BCUT2D eigenvalue weighted by molar-refractivity contribution is 0.873. The number of fused-ring (bicyclic) bond motifs is 1. The highest BCUT2D eigenvalue weighted by Gasteiger charge is 2.07. The summed E-state index contributed by atoms with van der Waals surface area (Å²) < 4.78 is 2.71. The second-order valence-corrected chi connectivity index (χ2v) is 4.15.